The number of rotatable bonds is 8. The number of nitrogens with zero attached hydrogens (tertiary/aromatic N) is 2. The highest BCUT2D eigenvalue weighted by atomic mass is 16.5. The van der Waals surface area contributed by atoms with Gasteiger partial charge in [-0.3, -0.25) is 9.69 Å². The van der Waals surface area contributed by atoms with Crippen LogP contribution in [0.4, 0.5) is 5.69 Å². The molecule has 6 nitrogen and oxygen atoms in total. The van der Waals surface area contributed by atoms with Crippen molar-refractivity contribution in [3.8, 4) is 0 Å². The van der Waals surface area contributed by atoms with Gasteiger partial charge in [0, 0.05) is 24.3 Å². The number of aromatic carboxylic acids is 1. The molecule has 0 spiro atoms. The molecule has 0 aliphatic carbocycles. The number of ketones is 1. The fourth-order valence-corrected chi connectivity index (χ4v) is 4.06. The number of carbonyl (C=O) groups is 2. The van der Waals surface area contributed by atoms with Gasteiger partial charge in [-0.15, -0.1) is 0 Å². The molecule has 0 aromatic heterocycles. The van der Waals surface area contributed by atoms with E-state index in [4.69, 9.17) is 9.84 Å². The Balaban J connectivity index is 1.84. The largest absolute Gasteiger partial charge is 0.478 e. The summed E-state index contributed by atoms with van der Waals surface area (Å²) in [5.74, 6) is -0.877. The molecule has 30 heavy (non-hydrogen) atoms. The van der Waals surface area contributed by atoms with Gasteiger partial charge in [0.15, 0.2) is 5.78 Å². The smallest absolute Gasteiger partial charge is 0.335 e. The molecule has 1 atom stereocenters. The fraction of sp³-hybridized carbons (Fsp3) is 0.417. The Kier molecular flexibility index (Phi) is 6.90. The van der Waals surface area contributed by atoms with E-state index in [0.29, 0.717) is 18.4 Å². The summed E-state index contributed by atoms with van der Waals surface area (Å²) >= 11 is 0. The molecule has 1 unspecified atom stereocenters. The van der Waals surface area contributed by atoms with E-state index < -0.39 is 11.5 Å². The molecular weight excluding hydrogens is 380 g/mol. The zero-order chi connectivity index (χ0) is 21.7. The van der Waals surface area contributed by atoms with E-state index in [1.807, 2.05) is 50.2 Å². The van der Waals surface area contributed by atoms with Gasteiger partial charge in [0.1, 0.15) is 0 Å². The maximum atomic E-state index is 13.6. The van der Waals surface area contributed by atoms with Gasteiger partial charge in [-0.1, -0.05) is 19.1 Å². The summed E-state index contributed by atoms with van der Waals surface area (Å²) in [4.78, 5) is 29.0. The lowest BCUT2D eigenvalue weighted by Crippen LogP contribution is -2.52. The van der Waals surface area contributed by atoms with Crippen LogP contribution in [0.15, 0.2) is 48.5 Å². The Morgan fingerprint density at radius 1 is 1.00 bits per heavy atom. The zero-order valence-corrected chi connectivity index (χ0v) is 17.9. The predicted octanol–water partition coefficient (Wildman–Crippen LogP) is 3.36. The van der Waals surface area contributed by atoms with Gasteiger partial charge in [-0.2, -0.15) is 0 Å². The molecule has 160 valence electrons. The van der Waals surface area contributed by atoms with E-state index >= 15 is 0 Å². The van der Waals surface area contributed by atoms with Crippen molar-refractivity contribution in [2.75, 3.05) is 45.3 Å². The van der Waals surface area contributed by atoms with Crippen molar-refractivity contribution in [2.24, 2.45) is 0 Å². The number of Topliss-reactive ketones (excluding diaryl/α,β-unsaturated/α-hetero) is 1. The lowest BCUT2D eigenvalue weighted by Gasteiger charge is -2.38. The number of carboxylic acids is 1. The molecular formula is C24H30N2O4. The first-order valence-corrected chi connectivity index (χ1v) is 10.3. The first kappa shape index (κ1) is 22.0. The van der Waals surface area contributed by atoms with Crippen molar-refractivity contribution in [1.29, 1.82) is 0 Å². The summed E-state index contributed by atoms with van der Waals surface area (Å²) in [6, 6.07) is 14.6. The highest BCUT2D eigenvalue weighted by molar-refractivity contribution is 6.03. The summed E-state index contributed by atoms with van der Waals surface area (Å²) in [5, 5.41) is 9.12. The Morgan fingerprint density at radius 3 is 2.07 bits per heavy atom. The Morgan fingerprint density at radius 2 is 1.57 bits per heavy atom. The molecule has 0 amide bonds. The summed E-state index contributed by atoms with van der Waals surface area (Å²) < 4.78 is 5.41. The number of likely N-dealkylation sites (N-methyl/N-ethyl adjacent to an activating group) is 1. The molecule has 1 heterocycles. The van der Waals surface area contributed by atoms with Crippen LogP contribution in [0, 0.1) is 0 Å². The lowest BCUT2D eigenvalue weighted by molar-refractivity contribution is 0.0663. The highest BCUT2D eigenvalue weighted by Crippen LogP contribution is 2.29. The monoisotopic (exact) mass is 410 g/mol. The molecule has 6 heteroatoms. The second-order valence-corrected chi connectivity index (χ2v) is 7.93. The topological polar surface area (TPSA) is 70.1 Å². The number of hydrogen-bond acceptors (Lipinski definition) is 5. The van der Waals surface area contributed by atoms with Crippen LogP contribution >= 0.6 is 0 Å². The minimum absolute atomic E-state index is 0.0749. The number of morpholine rings is 1. The van der Waals surface area contributed by atoms with Gasteiger partial charge in [0.2, 0.25) is 0 Å². The maximum Gasteiger partial charge on any atom is 0.335 e. The molecule has 1 N–H and O–H groups in total. The third kappa shape index (κ3) is 4.55. The average Bonchev–Trinajstić information content (AvgIpc) is 2.78. The van der Waals surface area contributed by atoms with Crippen LogP contribution in [0.1, 0.15) is 39.6 Å². The molecule has 3 rings (SSSR count). The average molecular weight is 411 g/mol. The number of benzene rings is 2. The van der Waals surface area contributed by atoms with E-state index in [1.54, 1.807) is 24.3 Å². The Hall–Kier alpha value is -2.70. The molecule has 2 aromatic rings. The van der Waals surface area contributed by atoms with Crippen LogP contribution in [0.5, 0.6) is 0 Å². The van der Waals surface area contributed by atoms with Crippen LogP contribution in [-0.4, -0.2) is 67.7 Å². The molecule has 2 aromatic carbocycles. The highest BCUT2D eigenvalue weighted by Gasteiger charge is 2.39. The van der Waals surface area contributed by atoms with Crippen LogP contribution < -0.4 is 4.90 Å². The predicted molar refractivity (Wildman–Crippen MR) is 118 cm³/mol. The molecule has 0 bridgehead atoms. The van der Waals surface area contributed by atoms with Crippen LogP contribution in [0.2, 0.25) is 0 Å². The second-order valence-electron chi connectivity index (χ2n) is 7.93. The minimum atomic E-state index is -0.952. The first-order chi connectivity index (χ1) is 14.4. The van der Waals surface area contributed by atoms with Crippen molar-refractivity contribution >= 4 is 17.4 Å². The number of hydrogen-bond donors (Lipinski definition) is 1. The van der Waals surface area contributed by atoms with Crippen molar-refractivity contribution in [3.63, 3.8) is 0 Å². The van der Waals surface area contributed by atoms with Crippen LogP contribution in [-0.2, 0) is 11.2 Å². The number of carbonyl (C=O) groups excluding carboxylic acids is 1. The zero-order valence-electron chi connectivity index (χ0n) is 17.9. The first-order valence-electron chi connectivity index (χ1n) is 10.3. The van der Waals surface area contributed by atoms with E-state index in [9.17, 15) is 9.59 Å². The summed E-state index contributed by atoms with van der Waals surface area (Å²) in [5.41, 5.74) is 2.27. The SMILES string of the molecule is CCC(Cc1ccc(C(=O)O)cc1)(C(=O)c1ccc(N2CCOCC2)cc1)N(C)C. The summed E-state index contributed by atoms with van der Waals surface area (Å²) in [6.07, 6.45) is 1.16. The molecule has 1 saturated heterocycles. The van der Waals surface area contributed by atoms with E-state index in [2.05, 4.69) is 4.90 Å². The number of ether oxygens (including phenoxy) is 1. The maximum absolute atomic E-state index is 13.6. The quantitative estimate of drug-likeness (QED) is 0.673. The van der Waals surface area contributed by atoms with Crippen LogP contribution in [0.3, 0.4) is 0 Å². The van der Waals surface area contributed by atoms with E-state index in [0.717, 1.165) is 37.6 Å². The summed E-state index contributed by atoms with van der Waals surface area (Å²) in [6.45, 7) is 5.18. The van der Waals surface area contributed by atoms with Crippen molar-refractivity contribution in [1.82, 2.24) is 4.90 Å². The van der Waals surface area contributed by atoms with Crippen molar-refractivity contribution in [3.05, 3.63) is 65.2 Å². The standard InChI is InChI=1S/C24H30N2O4/c1-4-24(25(2)3,17-18-5-7-20(8-6-18)23(28)29)22(27)19-9-11-21(12-10-19)26-13-15-30-16-14-26/h5-12H,4,13-17H2,1-3H3,(H,28,29). The minimum Gasteiger partial charge on any atom is -0.478 e. The van der Waals surface area contributed by atoms with Gasteiger partial charge in [0.05, 0.1) is 24.3 Å². The van der Waals surface area contributed by atoms with Gasteiger partial charge in [0.25, 0.3) is 0 Å². The van der Waals surface area contributed by atoms with Crippen molar-refractivity contribution in [2.45, 2.75) is 25.3 Å². The number of anilines is 1. The Labute approximate surface area is 178 Å². The van der Waals surface area contributed by atoms with Gasteiger partial charge in [-0.25, -0.2) is 4.79 Å². The molecule has 0 radical (unpaired) electrons. The lowest BCUT2D eigenvalue weighted by atomic mass is 9.80. The fourth-order valence-electron chi connectivity index (χ4n) is 4.06. The summed E-state index contributed by atoms with van der Waals surface area (Å²) in [7, 11) is 3.85. The van der Waals surface area contributed by atoms with Gasteiger partial charge in [-0.05, 0) is 68.9 Å². The van der Waals surface area contributed by atoms with Crippen LogP contribution in [0.25, 0.3) is 0 Å². The number of carboxylic acid groups (broad SMARTS) is 1. The second kappa shape index (κ2) is 9.41. The molecule has 1 aliphatic rings. The normalized spacial score (nSPS) is 16.3. The molecule has 1 fully saturated rings. The third-order valence-electron chi connectivity index (χ3n) is 6.07. The van der Waals surface area contributed by atoms with Gasteiger partial charge >= 0.3 is 5.97 Å². The third-order valence-corrected chi connectivity index (χ3v) is 6.07. The van der Waals surface area contributed by atoms with Gasteiger partial charge < -0.3 is 14.7 Å². The Bertz CT molecular complexity index is 871. The van der Waals surface area contributed by atoms with Crippen molar-refractivity contribution < 1.29 is 19.4 Å². The van der Waals surface area contributed by atoms with E-state index in [1.165, 1.54) is 0 Å². The molecule has 1 aliphatic heterocycles. The van der Waals surface area contributed by atoms with E-state index in [-0.39, 0.29) is 11.3 Å². The molecule has 0 saturated carbocycles.